The van der Waals surface area contributed by atoms with Gasteiger partial charge in [-0.05, 0) is 44.6 Å². The molecule has 1 heterocycles. The lowest BCUT2D eigenvalue weighted by Gasteiger charge is -2.36. The van der Waals surface area contributed by atoms with Gasteiger partial charge in [0, 0.05) is 19.1 Å². The van der Waals surface area contributed by atoms with Crippen LogP contribution in [0.2, 0.25) is 0 Å². The number of amides is 2. The first-order valence-electron chi connectivity index (χ1n) is 7.32. The molecule has 0 spiro atoms. The second-order valence-electron chi connectivity index (χ2n) is 5.39. The molecular weight excluding hydrogens is 276 g/mol. The number of carboxylic acid groups (broad SMARTS) is 1. The maximum absolute atomic E-state index is 12.0. The average Bonchev–Trinajstić information content (AvgIpc) is 2.42. The van der Waals surface area contributed by atoms with Crippen LogP contribution in [0, 0.1) is 5.92 Å². The number of carbonyl (C=O) groups excluding carboxylic acids is 1. The van der Waals surface area contributed by atoms with Crippen molar-refractivity contribution in [3.8, 4) is 0 Å². The quantitative estimate of drug-likeness (QED) is 0.709. The normalized spacial score (nSPS) is 22.6. The smallest absolute Gasteiger partial charge is 0.317 e. The number of thioether (sulfide) groups is 1. The fraction of sp³-hybridized carbons (Fsp3) is 0.857. The largest absolute Gasteiger partial charge is 0.481 e. The Bertz CT molecular complexity index is 326. The molecule has 0 aromatic rings. The Balaban J connectivity index is 2.22. The summed E-state index contributed by atoms with van der Waals surface area (Å²) in [6.07, 6.45) is 6.54. The highest BCUT2D eigenvalue weighted by molar-refractivity contribution is 7.98. The van der Waals surface area contributed by atoms with Crippen LogP contribution in [0.3, 0.4) is 0 Å². The second-order valence-corrected chi connectivity index (χ2v) is 6.37. The number of unbranched alkanes of at least 4 members (excludes halogenated alkanes) is 2. The van der Waals surface area contributed by atoms with Crippen LogP contribution in [0.15, 0.2) is 0 Å². The van der Waals surface area contributed by atoms with Gasteiger partial charge in [0.2, 0.25) is 0 Å². The molecule has 0 aliphatic carbocycles. The standard InChI is InChI=1S/C14H26N2O3S/c1-11-10-12(13(17)18)6-8-16(11)14(19)15-7-4-3-5-9-20-2/h11-12H,3-10H2,1-2H3,(H,15,19)(H,17,18). The van der Waals surface area contributed by atoms with Crippen molar-refractivity contribution < 1.29 is 14.7 Å². The van der Waals surface area contributed by atoms with Crippen LogP contribution in [0.4, 0.5) is 4.79 Å². The molecule has 1 fully saturated rings. The number of urea groups is 1. The number of nitrogens with zero attached hydrogens (tertiary/aromatic N) is 1. The Morgan fingerprint density at radius 3 is 2.70 bits per heavy atom. The van der Waals surface area contributed by atoms with E-state index in [0.29, 0.717) is 25.9 Å². The maximum Gasteiger partial charge on any atom is 0.317 e. The fourth-order valence-electron chi connectivity index (χ4n) is 2.54. The van der Waals surface area contributed by atoms with E-state index < -0.39 is 5.97 Å². The van der Waals surface area contributed by atoms with Gasteiger partial charge in [-0.3, -0.25) is 4.79 Å². The number of carbonyl (C=O) groups is 2. The molecule has 5 nitrogen and oxygen atoms in total. The minimum Gasteiger partial charge on any atom is -0.481 e. The van der Waals surface area contributed by atoms with Crippen molar-refractivity contribution in [3.05, 3.63) is 0 Å². The molecule has 116 valence electrons. The van der Waals surface area contributed by atoms with E-state index in [4.69, 9.17) is 5.11 Å². The topological polar surface area (TPSA) is 69.6 Å². The zero-order valence-corrected chi connectivity index (χ0v) is 13.2. The van der Waals surface area contributed by atoms with Crippen LogP contribution in [-0.2, 0) is 4.79 Å². The second kappa shape index (κ2) is 9.10. The lowest BCUT2D eigenvalue weighted by atomic mass is 9.92. The van der Waals surface area contributed by atoms with Crippen molar-refractivity contribution >= 4 is 23.8 Å². The zero-order chi connectivity index (χ0) is 15.0. The predicted octanol–water partition coefficient (Wildman–Crippen LogP) is 2.41. The van der Waals surface area contributed by atoms with Crippen molar-refractivity contribution in [1.29, 1.82) is 0 Å². The molecule has 0 bridgehead atoms. The van der Waals surface area contributed by atoms with Gasteiger partial charge >= 0.3 is 12.0 Å². The molecular formula is C14H26N2O3S. The third-order valence-corrected chi connectivity index (χ3v) is 4.48. The first kappa shape index (κ1) is 17.1. The van der Waals surface area contributed by atoms with Crippen molar-refractivity contribution in [2.75, 3.05) is 25.1 Å². The average molecular weight is 302 g/mol. The number of carboxylic acids is 1. The SMILES string of the molecule is CSCCCCCNC(=O)N1CCC(C(=O)O)CC1C. The number of nitrogens with one attached hydrogen (secondary N) is 1. The van der Waals surface area contributed by atoms with E-state index in [-0.39, 0.29) is 18.0 Å². The first-order chi connectivity index (χ1) is 9.56. The Morgan fingerprint density at radius 1 is 1.35 bits per heavy atom. The molecule has 0 aromatic heterocycles. The van der Waals surface area contributed by atoms with E-state index in [1.807, 2.05) is 18.7 Å². The zero-order valence-electron chi connectivity index (χ0n) is 12.4. The monoisotopic (exact) mass is 302 g/mol. The summed E-state index contributed by atoms with van der Waals surface area (Å²) in [5.41, 5.74) is 0. The van der Waals surface area contributed by atoms with Gasteiger partial charge in [-0.2, -0.15) is 11.8 Å². The summed E-state index contributed by atoms with van der Waals surface area (Å²) in [7, 11) is 0. The van der Waals surface area contributed by atoms with Crippen molar-refractivity contribution in [3.63, 3.8) is 0 Å². The number of piperidine rings is 1. The Morgan fingerprint density at radius 2 is 2.10 bits per heavy atom. The number of rotatable bonds is 7. The molecule has 0 radical (unpaired) electrons. The summed E-state index contributed by atoms with van der Waals surface area (Å²) >= 11 is 1.85. The molecule has 6 heteroatoms. The van der Waals surface area contributed by atoms with Crippen molar-refractivity contribution in [2.45, 2.75) is 45.1 Å². The van der Waals surface area contributed by atoms with E-state index in [2.05, 4.69) is 11.6 Å². The summed E-state index contributed by atoms with van der Waals surface area (Å²) in [6, 6.07) is -0.0486. The maximum atomic E-state index is 12.0. The van der Waals surface area contributed by atoms with Crippen LogP contribution in [-0.4, -0.2) is 53.1 Å². The van der Waals surface area contributed by atoms with Gasteiger partial charge in [-0.25, -0.2) is 4.79 Å². The summed E-state index contributed by atoms with van der Waals surface area (Å²) in [4.78, 5) is 24.8. The molecule has 2 N–H and O–H groups in total. The summed E-state index contributed by atoms with van der Waals surface area (Å²) < 4.78 is 0. The molecule has 2 amide bonds. The summed E-state index contributed by atoms with van der Waals surface area (Å²) in [5.74, 6) is 0.125. The van der Waals surface area contributed by atoms with Crippen LogP contribution in [0.25, 0.3) is 0 Å². The highest BCUT2D eigenvalue weighted by atomic mass is 32.2. The van der Waals surface area contributed by atoms with Gasteiger partial charge in [-0.1, -0.05) is 6.42 Å². The molecule has 0 saturated carbocycles. The number of aliphatic carboxylic acids is 1. The lowest BCUT2D eigenvalue weighted by Crippen LogP contribution is -2.50. The summed E-state index contributed by atoms with van der Waals surface area (Å²) in [6.45, 7) is 3.17. The van der Waals surface area contributed by atoms with E-state index in [9.17, 15) is 9.59 Å². The number of likely N-dealkylation sites (tertiary alicyclic amines) is 1. The first-order valence-corrected chi connectivity index (χ1v) is 8.71. The molecule has 2 unspecified atom stereocenters. The predicted molar refractivity (Wildman–Crippen MR) is 82.2 cm³/mol. The highest BCUT2D eigenvalue weighted by Gasteiger charge is 2.31. The minimum absolute atomic E-state index is 0.00124. The Kier molecular flexibility index (Phi) is 7.80. The van der Waals surface area contributed by atoms with Gasteiger partial charge in [0.25, 0.3) is 0 Å². The van der Waals surface area contributed by atoms with Crippen LogP contribution < -0.4 is 5.32 Å². The Labute approximate surface area is 125 Å². The van der Waals surface area contributed by atoms with E-state index in [0.717, 1.165) is 12.8 Å². The van der Waals surface area contributed by atoms with E-state index in [1.54, 1.807) is 4.90 Å². The fourth-order valence-corrected chi connectivity index (χ4v) is 3.04. The van der Waals surface area contributed by atoms with Gasteiger partial charge in [0.1, 0.15) is 0 Å². The van der Waals surface area contributed by atoms with E-state index in [1.165, 1.54) is 12.2 Å². The number of hydrogen-bond acceptors (Lipinski definition) is 3. The van der Waals surface area contributed by atoms with Gasteiger partial charge in [0.15, 0.2) is 0 Å². The molecule has 1 saturated heterocycles. The lowest BCUT2D eigenvalue weighted by molar-refractivity contribution is -0.143. The van der Waals surface area contributed by atoms with Gasteiger partial charge in [0.05, 0.1) is 5.92 Å². The molecule has 1 aliphatic rings. The van der Waals surface area contributed by atoms with E-state index >= 15 is 0 Å². The van der Waals surface area contributed by atoms with Crippen LogP contribution in [0.1, 0.15) is 39.0 Å². The molecule has 20 heavy (non-hydrogen) atoms. The minimum atomic E-state index is -0.745. The molecule has 0 aromatic carbocycles. The van der Waals surface area contributed by atoms with Crippen LogP contribution in [0.5, 0.6) is 0 Å². The van der Waals surface area contributed by atoms with Gasteiger partial charge < -0.3 is 15.3 Å². The third kappa shape index (κ3) is 5.61. The van der Waals surface area contributed by atoms with Crippen molar-refractivity contribution in [2.24, 2.45) is 5.92 Å². The van der Waals surface area contributed by atoms with Gasteiger partial charge in [-0.15, -0.1) is 0 Å². The number of hydrogen-bond donors (Lipinski definition) is 2. The summed E-state index contributed by atoms with van der Waals surface area (Å²) in [5, 5.41) is 11.9. The van der Waals surface area contributed by atoms with Crippen LogP contribution >= 0.6 is 11.8 Å². The Hall–Kier alpha value is -0.910. The third-order valence-electron chi connectivity index (χ3n) is 3.79. The molecule has 2 atom stereocenters. The van der Waals surface area contributed by atoms with Crippen molar-refractivity contribution in [1.82, 2.24) is 10.2 Å². The molecule has 1 rings (SSSR count). The highest BCUT2D eigenvalue weighted by Crippen LogP contribution is 2.22. The molecule has 1 aliphatic heterocycles.